The number of anilines is 1. The summed E-state index contributed by atoms with van der Waals surface area (Å²) in [6.07, 6.45) is 0.841. The van der Waals surface area contributed by atoms with Gasteiger partial charge in [0.1, 0.15) is 10.9 Å². The van der Waals surface area contributed by atoms with Crippen molar-refractivity contribution < 1.29 is 19.5 Å². The zero-order valence-electron chi connectivity index (χ0n) is 14.4. The molecule has 0 bridgehead atoms. The van der Waals surface area contributed by atoms with Crippen molar-refractivity contribution in [2.24, 2.45) is 5.92 Å². The monoisotopic (exact) mass is 390 g/mol. The summed E-state index contributed by atoms with van der Waals surface area (Å²) in [6.45, 7) is 4.23. The van der Waals surface area contributed by atoms with Crippen LogP contribution in [0.2, 0.25) is 0 Å². The molecule has 0 atom stereocenters. The van der Waals surface area contributed by atoms with E-state index in [1.165, 1.54) is 0 Å². The molecule has 0 aliphatic carbocycles. The number of hydrogen-bond donors (Lipinski definition) is 1. The van der Waals surface area contributed by atoms with E-state index in [1.54, 1.807) is 4.90 Å². The molecular formula is C18H18N2O4S2. The Morgan fingerprint density at radius 2 is 1.88 bits per heavy atom. The molecule has 2 amide bonds. The summed E-state index contributed by atoms with van der Waals surface area (Å²) >= 11 is 6.14. The lowest BCUT2D eigenvalue weighted by atomic mass is 10.1. The van der Waals surface area contributed by atoms with E-state index in [1.807, 2.05) is 24.3 Å². The summed E-state index contributed by atoms with van der Waals surface area (Å²) in [5.74, 6) is -1.47. The zero-order chi connectivity index (χ0) is 19.0. The molecule has 2 heterocycles. The van der Waals surface area contributed by atoms with Gasteiger partial charge in [0.15, 0.2) is 0 Å². The highest BCUT2D eigenvalue weighted by molar-refractivity contribution is 8.26. The third kappa shape index (κ3) is 3.26. The van der Waals surface area contributed by atoms with E-state index in [0.29, 0.717) is 23.6 Å². The molecule has 0 saturated carbocycles. The second-order valence-corrected chi connectivity index (χ2v) is 8.16. The number of thiocarbonyl (C=S) groups is 1. The van der Waals surface area contributed by atoms with Crippen molar-refractivity contribution >= 4 is 57.3 Å². The van der Waals surface area contributed by atoms with Gasteiger partial charge in [-0.1, -0.05) is 56.0 Å². The van der Waals surface area contributed by atoms with Crippen molar-refractivity contribution in [3.8, 4) is 0 Å². The second kappa shape index (κ2) is 7.20. The Labute approximate surface area is 160 Å². The lowest BCUT2D eigenvalue weighted by molar-refractivity contribution is -0.140. The summed E-state index contributed by atoms with van der Waals surface area (Å²) in [5, 5.41) is 8.98. The number of carboxylic acid groups (broad SMARTS) is 1. The number of rotatable bonds is 5. The van der Waals surface area contributed by atoms with Crippen LogP contribution in [-0.2, 0) is 14.4 Å². The van der Waals surface area contributed by atoms with Crippen LogP contribution in [0.1, 0.15) is 25.8 Å². The van der Waals surface area contributed by atoms with E-state index in [9.17, 15) is 14.4 Å². The van der Waals surface area contributed by atoms with E-state index in [0.717, 1.165) is 28.8 Å². The Balaban J connectivity index is 2.04. The molecule has 1 aromatic rings. The number of thioether (sulfide) groups is 1. The largest absolute Gasteiger partial charge is 0.480 e. The Bertz CT molecular complexity index is 847. The molecule has 0 radical (unpaired) electrons. The maximum absolute atomic E-state index is 13.1. The van der Waals surface area contributed by atoms with Crippen LogP contribution in [0.25, 0.3) is 5.57 Å². The highest BCUT2D eigenvalue weighted by Gasteiger charge is 2.42. The quantitative estimate of drug-likeness (QED) is 0.615. The average Bonchev–Trinajstić information content (AvgIpc) is 3.00. The van der Waals surface area contributed by atoms with Crippen LogP contribution in [-0.4, -0.2) is 45.2 Å². The fourth-order valence-corrected chi connectivity index (χ4v) is 4.26. The van der Waals surface area contributed by atoms with Gasteiger partial charge in [0.25, 0.3) is 11.8 Å². The number of hydrogen-bond acceptors (Lipinski definition) is 5. The third-order valence-corrected chi connectivity index (χ3v) is 5.67. The van der Waals surface area contributed by atoms with Gasteiger partial charge in [-0.25, -0.2) is 0 Å². The molecule has 2 aliphatic heterocycles. The van der Waals surface area contributed by atoms with Crippen LogP contribution >= 0.6 is 24.0 Å². The van der Waals surface area contributed by atoms with Crippen molar-refractivity contribution in [3.05, 3.63) is 34.7 Å². The van der Waals surface area contributed by atoms with E-state index >= 15 is 0 Å². The van der Waals surface area contributed by atoms with Gasteiger partial charge in [-0.05, 0) is 18.4 Å². The van der Waals surface area contributed by atoms with Gasteiger partial charge in [0, 0.05) is 12.1 Å². The number of para-hydroxylation sites is 1. The molecule has 136 valence electrons. The third-order valence-electron chi connectivity index (χ3n) is 4.22. The van der Waals surface area contributed by atoms with Gasteiger partial charge in [0.05, 0.1) is 16.2 Å². The first kappa shape index (κ1) is 18.6. The van der Waals surface area contributed by atoms with E-state index < -0.39 is 18.4 Å². The van der Waals surface area contributed by atoms with Crippen LogP contribution in [0, 0.1) is 5.92 Å². The van der Waals surface area contributed by atoms with Crippen LogP contribution in [0.15, 0.2) is 29.2 Å². The van der Waals surface area contributed by atoms with Gasteiger partial charge in [-0.15, -0.1) is 0 Å². The SMILES string of the molecule is CC(C)CCN1C(=O)/C(=C2\SC(=S)N(CC(=O)O)C2=O)c2ccccc21. The van der Waals surface area contributed by atoms with Gasteiger partial charge in [0.2, 0.25) is 0 Å². The highest BCUT2D eigenvalue weighted by Crippen LogP contribution is 2.44. The van der Waals surface area contributed by atoms with Crippen LogP contribution in [0.4, 0.5) is 5.69 Å². The Morgan fingerprint density at radius 1 is 1.19 bits per heavy atom. The second-order valence-electron chi connectivity index (χ2n) is 6.51. The van der Waals surface area contributed by atoms with Crippen molar-refractivity contribution in [1.82, 2.24) is 4.90 Å². The molecule has 0 spiro atoms. The minimum absolute atomic E-state index is 0.158. The first-order chi connectivity index (χ1) is 12.3. The molecule has 1 saturated heterocycles. The fraction of sp³-hybridized carbons (Fsp3) is 0.333. The lowest BCUT2D eigenvalue weighted by Gasteiger charge is -2.18. The van der Waals surface area contributed by atoms with Gasteiger partial charge < -0.3 is 10.0 Å². The lowest BCUT2D eigenvalue weighted by Crippen LogP contribution is -2.34. The fourth-order valence-electron chi connectivity index (χ4n) is 2.93. The van der Waals surface area contributed by atoms with Crippen molar-refractivity contribution in [1.29, 1.82) is 0 Å². The van der Waals surface area contributed by atoms with Gasteiger partial charge in [-0.2, -0.15) is 0 Å². The number of amides is 2. The van der Waals surface area contributed by atoms with Crippen molar-refractivity contribution in [2.75, 3.05) is 18.0 Å². The normalized spacial score (nSPS) is 19.7. The molecule has 26 heavy (non-hydrogen) atoms. The number of aliphatic carboxylic acids is 1. The van der Waals surface area contributed by atoms with Crippen LogP contribution in [0.5, 0.6) is 0 Å². The smallest absolute Gasteiger partial charge is 0.323 e. The molecule has 1 aromatic carbocycles. The minimum atomic E-state index is -1.15. The number of carbonyl (C=O) groups excluding carboxylic acids is 2. The minimum Gasteiger partial charge on any atom is -0.480 e. The average molecular weight is 390 g/mol. The number of carboxylic acids is 1. The number of fused-ring (bicyclic) bond motifs is 1. The summed E-state index contributed by atoms with van der Waals surface area (Å²) in [5.41, 5.74) is 1.78. The van der Waals surface area contributed by atoms with E-state index in [2.05, 4.69) is 13.8 Å². The topological polar surface area (TPSA) is 77.9 Å². The zero-order valence-corrected chi connectivity index (χ0v) is 16.0. The van der Waals surface area contributed by atoms with Gasteiger partial charge in [-0.3, -0.25) is 19.3 Å². The molecule has 6 nitrogen and oxygen atoms in total. The summed E-state index contributed by atoms with van der Waals surface area (Å²) in [7, 11) is 0. The molecule has 1 fully saturated rings. The molecule has 0 aromatic heterocycles. The van der Waals surface area contributed by atoms with Gasteiger partial charge >= 0.3 is 5.97 Å². The first-order valence-electron chi connectivity index (χ1n) is 8.22. The standard InChI is InChI=1S/C18H18N2O4S2/c1-10(2)7-8-19-12-6-4-3-5-11(12)14(16(19)23)15-17(24)20(9-13(21)22)18(25)26-15/h3-6,10H,7-9H2,1-2H3,(H,21,22)/b15-14-. The van der Waals surface area contributed by atoms with Crippen LogP contribution < -0.4 is 4.90 Å². The summed E-state index contributed by atoms with van der Waals surface area (Å²) in [4.78, 5) is 39.7. The predicted molar refractivity (Wildman–Crippen MR) is 105 cm³/mol. The maximum Gasteiger partial charge on any atom is 0.323 e. The molecule has 8 heteroatoms. The highest BCUT2D eigenvalue weighted by atomic mass is 32.2. The maximum atomic E-state index is 13.1. The summed E-state index contributed by atoms with van der Waals surface area (Å²) < 4.78 is 0.158. The number of nitrogens with zero attached hydrogens (tertiary/aromatic N) is 2. The van der Waals surface area contributed by atoms with Crippen molar-refractivity contribution in [3.63, 3.8) is 0 Å². The van der Waals surface area contributed by atoms with E-state index in [4.69, 9.17) is 17.3 Å². The predicted octanol–water partition coefficient (Wildman–Crippen LogP) is 2.74. The van der Waals surface area contributed by atoms with E-state index in [-0.39, 0.29) is 15.1 Å². The molecular weight excluding hydrogens is 372 g/mol. The first-order valence-corrected chi connectivity index (χ1v) is 9.44. The molecule has 2 aliphatic rings. The number of carbonyl (C=O) groups is 3. The van der Waals surface area contributed by atoms with Crippen LogP contribution in [0.3, 0.4) is 0 Å². The Hall–Kier alpha value is -2.19. The molecule has 0 unspecified atom stereocenters. The van der Waals surface area contributed by atoms with Crippen molar-refractivity contribution in [2.45, 2.75) is 20.3 Å². The number of benzene rings is 1. The Kier molecular flexibility index (Phi) is 5.15. The Morgan fingerprint density at radius 3 is 2.54 bits per heavy atom. The molecule has 3 rings (SSSR count). The summed E-state index contributed by atoms with van der Waals surface area (Å²) in [6, 6.07) is 7.34. The molecule has 1 N–H and O–H groups in total.